The molecule has 1 rings (SSSR count). The molecule has 12 heavy (non-hydrogen) atoms. The predicted octanol–water partition coefficient (Wildman–Crippen LogP) is 3.26. The van der Waals surface area contributed by atoms with E-state index in [1.807, 2.05) is 0 Å². The van der Waals surface area contributed by atoms with Gasteiger partial charge >= 0.3 is 0 Å². The number of alkyl halides is 2. The van der Waals surface area contributed by atoms with Crippen LogP contribution in [0.5, 0.6) is 0 Å². The minimum atomic E-state index is -2.47. The molecule has 0 saturated carbocycles. The van der Waals surface area contributed by atoms with Crippen LogP contribution in [-0.2, 0) is 0 Å². The molecule has 2 unspecified atom stereocenters. The van der Waals surface area contributed by atoms with Gasteiger partial charge in [-0.3, -0.25) is 0 Å². The fraction of sp³-hybridized carbons (Fsp3) is 0.556. The van der Waals surface area contributed by atoms with E-state index in [0.717, 1.165) is 13.0 Å². The van der Waals surface area contributed by atoms with E-state index < -0.39 is 17.7 Å². The van der Waals surface area contributed by atoms with Crippen molar-refractivity contribution in [2.75, 3.05) is 0 Å². The van der Waals surface area contributed by atoms with Gasteiger partial charge in [-0.2, -0.15) is 0 Å². The summed E-state index contributed by atoms with van der Waals surface area (Å²) in [5.74, 6) is -0.972. The van der Waals surface area contributed by atoms with Crippen molar-refractivity contribution >= 4 is 0 Å². The van der Waals surface area contributed by atoms with Crippen LogP contribution < -0.4 is 0 Å². The summed E-state index contributed by atoms with van der Waals surface area (Å²) in [6.07, 6.45) is 0.880. The maximum atomic E-state index is 13.2. The first-order valence-electron chi connectivity index (χ1n) is 3.90. The monoisotopic (exact) mass is 176 g/mol. The molecule has 0 spiro atoms. The zero-order valence-corrected chi connectivity index (χ0v) is 7.07. The second-order valence-electron chi connectivity index (χ2n) is 3.03. The zero-order chi connectivity index (χ0) is 9.35. The van der Waals surface area contributed by atoms with Crippen molar-refractivity contribution in [2.45, 2.75) is 32.1 Å². The molecule has 0 aromatic rings. The third-order valence-electron chi connectivity index (χ3n) is 2.08. The average molecular weight is 176 g/mol. The van der Waals surface area contributed by atoms with E-state index in [1.165, 1.54) is 6.08 Å². The Bertz CT molecular complexity index is 238. The number of hydrogen-bond donors (Lipinski definition) is 0. The first kappa shape index (κ1) is 9.36. The summed E-state index contributed by atoms with van der Waals surface area (Å²) < 4.78 is 39.1. The third-order valence-corrected chi connectivity index (χ3v) is 2.08. The summed E-state index contributed by atoms with van der Waals surface area (Å²) >= 11 is 0. The third kappa shape index (κ3) is 1.28. The van der Waals surface area contributed by atoms with Crippen molar-refractivity contribution in [2.24, 2.45) is 0 Å². The second kappa shape index (κ2) is 2.96. The summed E-state index contributed by atoms with van der Waals surface area (Å²) in [6, 6.07) is 0. The van der Waals surface area contributed by atoms with Gasteiger partial charge in [0, 0.05) is 0 Å². The lowest BCUT2D eigenvalue weighted by molar-refractivity contribution is 0.104. The normalized spacial score (nSPS) is 35.9. The van der Waals surface area contributed by atoms with Crippen LogP contribution in [0.1, 0.15) is 20.3 Å². The zero-order valence-electron chi connectivity index (χ0n) is 7.07. The number of allylic oxidation sites excluding steroid dienone is 4. The smallest absolute Gasteiger partial charge is 0.193 e. The summed E-state index contributed by atoms with van der Waals surface area (Å²) in [6.45, 7) is 2.63. The molecule has 0 nitrogen and oxygen atoms in total. The summed E-state index contributed by atoms with van der Waals surface area (Å²) in [5.41, 5.74) is -2.23. The van der Waals surface area contributed by atoms with E-state index in [2.05, 4.69) is 0 Å². The van der Waals surface area contributed by atoms with E-state index in [0.29, 0.717) is 6.42 Å². The maximum absolute atomic E-state index is 13.2. The van der Waals surface area contributed by atoms with Gasteiger partial charge in [-0.1, -0.05) is 13.0 Å². The van der Waals surface area contributed by atoms with Gasteiger partial charge < -0.3 is 0 Å². The van der Waals surface area contributed by atoms with Crippen LogP contribution in [0.25, 0.3) is 0 Å². The Morgan fingerprint density at radius 2 is 2.17 bits per heavy atom. The molecule has 0 saturated heterocycles. The molecule has 1 aliphatic carbocycles. The van der Waals surface area contributed by atoms with Crippen molar-refractivity contribution < 1.29 is 13.2 Å². The molecule has 0 aromatic heterocycles. The summed E-state index contributed by atoms with van der Waals surface area (Å²) in [4.78, 5) is 0. The summed E-state index contributed by atoms with van der Waals surface area (Å²) in [5, 5.41) is 0. The van der Waals surface area contributed by atoms with Crippen LogP contribution in [0.4, 0.5) is 13.2 Å². The average Bonchev–Trinajstić information content (AvgIpc) is 2.02. The predicted molar refractivity (Wildman–Crippen MR) is 42.0 cm³/mol. The molecule has 0 N–H and O–H groups in total. The molecule has 2 atom stereocenters. The Morgan fingerprint density at radius 3 is 2.67 bits per heavy atom. The highest BCUT2D eigenvalue weighted by atomic mass is 19.2. The van der Waals surface area contributed by atoms with E-state index in [-0.39, 0.29) is 5.57 Å². The van der Waals surface area contributed by atoms with Gasteiger partial charge in [0.05, 0.1) is 0 Å². The van der Waals surface area contributed by atoms with Crippen LogP contribution in [0, 0.1) is 0 Å². The lowest BCUT2D eigenvalue weighted by Gasteiger charge is -2.25. The van der Waals surface area contributed by atoms with E-state index in [4.69, 9.17) is 0 Å². The topological polar surface area (TPSA) is 0 Å². The molecule has 0 heterocycles. The molecule has 1 aliphatic rings. The Kier molecular flexibility index (Phi) is 2.31. The number of hydrogen-bond acceptors (Lipinski definition) is 0. The van der Waals surface area contributed by atoms with Gasteiger partial charge in [-0.25, -0.2) is 13.2 Å². The fourth-order valence-electron chi connectivity index (χ4n) is 1.16. The highest BCUT2D eigenvalue weighted by molar-refractivity contribution is 5.34. The first-order valence-corrected chi connectivity index (χ1v) is 3.90. The lowest BCUT2D eigenvalue weighted by Crippen LogP contribution is -2.33. The van der Waals surface area contributed by atoms with Crippen LogP contribution in [-0.4, -0.2) is 11.8 Å². The Balaban J connectivity index is 3.06. The standard InChI is InChI=1S/C9H11F3/c1-3-6-4-5-7(10)9(2,12)8(6)11/h4-5,7H,3H2,1-2H3. The Morgan fingerprint density at radius 1 is 1.58 bits per heavy atom. The van der Waals surface area contributed by atoms with Crippen molar-refractivity contribution in [1.29, 1.82) is 0 Å². The van der Waals surface area contributed by atoms with E-state index >= 15 is 0 Å². The molecule has 3 heteroatoms. The van der Waals surface area contributed by atoms with E-state index in [1.54, 1.807) is 6.92 Å². The molecule has 0 bridgehead atoms. The molecule has 0 fully saturated rings. The fourth-order valence-corrected chi connectivity index (χ4v) is 1.16. The van der Waals surface area contributed by atoms with Gasteiger partial charge in [0.2, 0.25) is 0 Å². The lowest BCUT2D eigenvalue weighted by atomic mass is 9.91. The maximum Gasteiger partial charge on any atom is 0.193 e. The minimum Gasteiger partial charge on any atom is -0.239 e. The highest BCUT2D eigenvalue weighted by Crippen LogP contribution is 2.36. The largest absolute Gasteiger partial charge is 0.239 e. The van der Waals surface area contributed by atoms with Crippen molar-refractivity contribution in [1.82, 2.24) is 0 Å². The van der Waals surface area contributed by atoms with Crippen LogP contribution in [0.2, 0.25) is 0 Å². The van der Waals surface area contributed by atoms with Crippen LogP contribution in [0.3, 0.4) is 0 Å². The molecule has 0 aliphatic heterocycles. The van der Waals surface area contributed by atoms with Crippen molar-refractivity contribution in [3.8, 4) is 0 Å². The van der Waals surface area contributed by atoms with Gasteiger partial charge in [0.25, 0.3) is 0 Å². The molecular formula is C9H11F3. The number of halogens is 3. The Hall–Kier alpha value is -0.730. The summed E-state index contributed by atoms with van der Waals surface area (Å²) in [7, 11) is 0. The van der Waals surface area contributed by atoms with Gasteiger partial charge in [0.1, 0.15) is 5.83 Å². The second-order valence-corrected chi connectivity index (χ2v) is 3.03. The molecule has 68 valence electrons. The van der Waals surface area contributed by atoms with Crippen molar-refractivity contribution in [3.63, 3.8) is 0 Å². The highest BCUT2D eigenvalue weighted by Gasteiger charge is 2.41. The molecule has 0 aromatic carbocycles. The Labute approximate surface area is 69.8 Å². The minimum absolute atomic E-state index is 0.244. The van der Waals surface area contributed by atoms with Crippen molar-refractivity contribution in [3.05, 3.63) is 23.6 Å². The molecular weight excluding hydrogens is 165 g/mol. The van der Waals surface area contributed by atoms with Gasteiger partial charge in [-0.15, -0.1) is 0 Å². The first-order chi connectivity index (χ1) is 5.50. The molecule has 0 radical (unpaired) electrons. The van der Waals surface area contributed by atoms with Gasteiger partial charge in [0.15, 0.2) is 11.8 Å². The molecule has 0 amide bonds. The number of rotatable bonds is 1. The van der Waals surface area contributed by atoms with Gasteiger partial charge in [-0.05, 0) is 25.0 Å². The van der Waals surface area contributed by atoms with E-state index in [9.17, 15) is 13.2 Å². The van der Waals surface area contributed by atoms with Crippen LogP contribution in [0.15, 0.2) is 23.6 Å². The van der Waals surface area contributed by atoms with Crippen LogP contribution >= 0.6 is 0 Å². The SMILES string of the molecule is CCC1=C(F)C(C)(F)C(F)C=C1. The quantitative estimate of drug-likeness (QED) is 0.575.